The van der Waals surface area contributed by atoms with Crippen LogP contribution in [0, 0.1) is 26.7 Å². The third kappa shape index (κ3) is 6.27. The van der Waals surface area contributed by atoms with Crippen LogP contribution in [-0.2, 0) is 6.42 Å². The van der Waals surface area contributed by atoms with Crippen molar-refractivity contribution in [2.75, 3.05) is 20.2 Å². The molecule has 2 aromatic heterocycles. The summed E-state index contributed by atoms with van der Waals surface area (Å²) in [6.07, 6.45) is 8.24. The van der Waals surface area contributed by atoms with E-state index in [0.717, 1.165) is 58.3 Å². The summed E-state index contributed by atoms with van der Waals surface area (Å²) in [5.41, 5.74) is 5.75. The lowest BCUT2D eigenvalue weighted by atomic mass is 9.85. The molecule has 7 heteroatoms. The molecule has 0 radical (unpaired) electrons. The minimum atomic E-state index is -0.572. The molecule has 0 saturated heterocycles. The summed E-state index contributed by atoms with van der Waals surface area (Å²) in [4.78, 5) is 10.0. The van der Waals surface area contributed by atoms with Gasteiger partial charge >= 0.3 is 0 Å². The van der Waals surface area contributed by atoms with Crippen LogP contribution in [0.4, 0.5) is 0 Å². The number of aliphatic hydroxyl groups is 1. The summed E-state index contributed by atoms with van der Waals surface area (Å²) < 4.78 is 11.3. The second-order valence-corrected chi connectivity index (χ2v) is 9.76. The number of aliphatic hydroxyl groups excluding tert-OH is 1. The van der Waals surface area contributed by atoms with E-state index < -0.39 is 6.10 Å². The molecule has 7 nitrogen and oxygen atoms in total. The summed E-state index contributed by atoms with van der Waals surface area (Å²) in [5.74, 6) is 2.91. The normalized spacial score (nSPS) is 15.3. The zero-order valence-corrected chi connectivity index (χ0v) is 21.4. The molecule has 1 saturated carbocycles. The average molecular weight is 479 g/mol. The summed E-state index contributed by atoms with van der Waals surface area (Å²) >= 11 is 0. The van der Waals surface area contributed by atoms with Crippen molar-refractivity contribution in [1.82, 2.24) is 20.4 Å². The van der Waals surface area contributed by atoms with Crippen molar-refractivity contribution in [2.24, 2.45) is 5.92 Å². The molecule has 0 bridgehead atoms. The minimum absolute atomic E-state index is 0.218. The maximum Gasteiger partial charge on any atom is 0.160 e. The van der Waals surface area contributed by atoms with Crippen LogP contribution >= 0.6 is 0 Å². The van der Waals surface area contributed by atoms with Crippen LogP contribution < -0.4 is 10.1 Å². The Bertz CT molecular complexity index is 1100. The predicted molar refractivity (Wildman–Crippen MR) is 138 cm³/mol. The van der Waals surface area contributed by atoms with E-state index in [1.54, 1.807) is 7.05 Å². The number of hydrogen-bond donors (Lipinski definition) is 2. The van der Waals surface area contributed by atoms with Gasteiger partial charge in [0, 0.05) is 17.8 Å². The predicted octanol–water partition coefficient (Wildman–Crippen LogP) is 5.20. The van der Waals surface area contributed by atoms with Gasteiger partial charge in [-0.05, 0) is 64.3 Å². The molecule has 188 valence electrons. The molecule has 1 aromatic carbocycles. The van der Waals surface area contributed by atoms with Gasteiger partial charge in [0.25, 0.3) is 0 Å². The van der Waals surface area contributed by atoms with Crippen LogP contribution in [0.5, 0.6) is 5.75 Å². The quantitative estimate of drug-likeness (QED) is 0.414. The Morgan fingerprint density at radius 1 is 1.14 bits per heavy atom. The van der Waals surface area contributed by atoms with Crippen LogP contribution in [0.15, 0.2) is 28.8 Å². The lowest BCUT2D eigenvalue weighted by Crippen LogP contribution is -2.29. The number of nitrogens with one attached hydrogen (secondary N) is 1. The first kappa shape index (κ1) is 25.3. The van der Waals surface area contributed by atoms with Crippen LogP contribution in [-0.4, -0.2) is 46.5 Å². The molecular weight excluding hydrogens is 440 g/mol. The van der Waals surface area contributed by atoms with Crippen molar-refractivity contribution >= 4 is 0 Å². The third-order valence-electron chi connectivity index (χ3n) is 7.01. The molecule has 0 amide bonds. The average Bonchev–Trinajstić information content (AvgIpc) is 3.20. The molecule has 0 spiro atoms. The van der Waals surface area contributed by atoms with Crippen molar-refractivity contribution < 1.29 is 14.4 Å². The number of likely N-dealkylation sites (N-methyl/N-ethyl adjacent to an activating group) is 1. The Morgan fingerprint density at radius 3 is 2.66 bits per heavy atom. The fraction of sp³-hybridized carbons (Fsp3) is 0.536. The van der Waals surface area contributed by atoms with Gasteiger partial charge in [0.2, 0.25) is 0 Å². The van der Waals surface area contributed by atoms with E-state index in [1.807, 2.05) is 38.1 Å². The number of ether oxygens (including phenoxy) is 1. The maximum absolute atomic E-state index is 10.00. The van der Waals surface area contributed by atoms with Crippen LogP contribution in [0.2, 0.25) is 0 Å². The number of benzene rings is 1. The largest absolute Gasteiger partial charge is 0.491 e. The Morgan fingerprint density at radius 2 is 1.94 bits per heavy atom. The maximum atomic E-state index is 10.00. The van der Waals surface area contributed by atoms with Crippen LogP contribution in [0.1, 0.15) is 61.2 Å². The number of aromatic nitrogens is 3. The molecule has 0 aliphatic heterocycles. The Balaban J connectivity index is 1.67. The Labute approximate surface area is 208 Å². The van der Waals surface area contributed by atoms with Gasteiger partial charge < -0.3 is 19.7 Å². The van der Waals surface area contributed by atoms with Gasteiger partial charge in [-0.15, -0.1) is 0 Å². The van der Waals surface area contributed by atoms with E-state index in [1.165, 1.54) is 32.1 Å². The molecule has 35 heavy (non-hydrogen) atoms. The number of hydrogen-bond acceptors (Lipinski definition) is 7. The van der Waals surface area contributed by atoms with Gasteiger partial charge in [-0.3, -0.25) is 0 Å². The molecule has 2 heterocycles. The highest BCUT2D eigenvalue weighted by molar-refractivity contribution is 5.70. The third-order valence-corrected chi connectivity index (χ3v) is 7.01. The summed E-state index contributed by atoms with van der Waals surface area (Å²) in [6, 6.07) is 7.78. The van der Waals surface area contributed by atoms with Gasteiger partial charge in [0.1, 0.15) is 24.2 Å². The standard InChI is InChI=1S/C28H38N4O3/c1-18-25(14-13-21-9-6-5-7-10-21)30-28(31-27(18)26-19(2)32-35-20(26)3)22-11-8-12-24(15-22)34-17-23(33)16-29-4/h8,11-12,15,21,23,29,33H,5-7,9-10,13-14,16-17H2,1-4H3/t23-/m1/s1. The highest BCUT2D eigenvalue weighted by Crippen LogP contribution is 2.34. The van der Waals surface area contributed by atoms with Gasteiger partial charge in [-0.2, -0.15) is 0 Å². The molecule has 1 fully saturated rings. The SMILES string of the molecule is CNC[C@@H](O)COc1cccc(-c2nc(CCC3CCCCC3)c(C)c(-c3c(C)noc3C)n2)c1. The molecule has 4 rings (SSSR count). The summed E-state index contributed by atoms with van der Waals surface area (Å²) in [7, 11) is 1.81. The first-order chi connectivity index (χ1) is 17.0. The van der Waals surface area contributed by atoms with E-state index in [0.29, 0.717) is 18.1 Å². The molecule has 3 aromatic rings. The van der Waals surface area contributed by atoms with Crippen molar-refractivity contribution in [3.63, 3.8) is 0 Å². The van der Waals surface area contributed by atoms with E-state index in [4.69, 9.17) is 19.2 Å². The second kappa shape index (κ2) is 11.8. The number of nitrogens with zero attached hydrogens (tertiary/aromatic N) is 3. The van der Waals surface area contributed by atoms with E-state index in [-0.39, 0.29) is 6.61 Å². The summed E-state index contributed by atoms with van der Waals surface area (Å²) in [5, 5.41) is 17.1. The Hall–Kier alpha value is -2.77. The lowest BCUT2D eigenvalue weighted by molar-refractivity contribution is 0.108. The lowest BCUT2D eigenvalue weighted by Gasteiger charge is -2.22. The molecular formula is C28H38N4O3. The van der Waals surface area contributed by atoms with Crippen LogP contribution in [0.25, 0.3) is 22.6 Å². The topological polar surface area (TPSA) is 93.3 Å². The first-order valence-electron chi connectivity index (χ1n) is 12.8. The second-order valence-electron chi connectivity index (χ2n) is 9.76. The van der Waals surface area contributed by atoms with E-state index in [9.17, 15) is 5.11 Å². The van der Waals surface area contributed by atoms with Gasteiger partial charge in [0.15, 0.2) is 5.82 Å². The first-order valence-corrected chi connectivity index (χ1v) is 12.8. The molecule has 2 N–H and O–H groups in total. The van der Waals surface area contributed by atoms with Gasteiger partial charge in [-0.25, -0.2) is 9.97 Å². The van der Waals surface area contributed by atoms with E-state index in [2.05, 4.69) is 17.4 Å². The van der Waals surface area contributed by atoms with Crippen LogP contribution in [0.3, 0.4) is 0 Å². The molecule has 1 aliphatic rings. The summed E-state index contributed by atoms with van der Waals surface area (Å²) in [6.45, 7) is 6.70. The zero-order chi connectivity index (χ0) is 24.8. The van der Waals surface area contributed by atoms with Gasteiger partial charge in [0.05, 0.1) is 17.0 Å². The van der Waals surface area contributed by atoms with Crippen molar-refractivity contribution in [3.8, 4) is 28.4 Å². The number of rotatable bonds is 10. The molecule has 0 unspecified atom stereocenters. The highest BCUT2D eigenvalue weighted by atomic mass is 16.5. The number of aryl methyl sites for hydroxylation is 3. The highest BCUT2D eigenvalue weighted by Gasteiger charge is 2.21. The van der Waals surface area contributed by atoms with Gasteiger partial charge in [-0.1, -0.05) is 49.4 Å². The smallest absolute Gasteiger partial charge is 0.160 e. The zero-order valence-electron chi connectivity index (χ0n) is 21.4. The fourth-order valence-electron chi connectivity index (χ4n) is 5.03. The van der Waals surface area contributed by atoms with Crippen molar-refractivity contribution in [2.45, 2.75) is 71.8 Å². The molecule has 1 atom stereocenters. The monoisotopic (exact) mass is 478 g/mol. The van der Waals surface area contributed by atoms with Crippen molar-refractivity contribution in [3.05, 3.63) is 47.0 Å². The molecule has 1 aliphatic carbocycles. The van der Waals surface area contributed by atoms with E-state index >= 15 is 0 Å². The fourth-order valence-corrected chi connectivity index (χ4v) is 5.03. The van der Waals surface area contributed by atoms with Crippen molar-refractivity contribution in [1.29, 1.82) is 0 Å². The Kier molecular flexibility index (Phi) is 8.52. The minimum Gasteiger partial charge on any atom is -0.491 e.